The van der Waals surface area contributed by atoms with Crippen LogP contribution in [-0.2, 0) is 27.4 Å². The zero-order chi connectivity index (χ0) is 18.7. The third-order valence-electron chi connectivity index (χ3n) is 3.39. The van der Waals surface area contributed by atoms with Crippen molar-refractivity contribution < 1.29 is 14.3 Å². The molecule has 0 spiro atoms. The van der Waals surface area contributed by atoms with Gasteiger partial charge in [0.1, 0.15) is 6.61 Å². The molecule has 0 bridgehead atoms. The van der Waals surface area contributed by atoms with Gasteiger partial charge >= 0.3 is 5.97 Å². The molecule has 0 radical (unpaired) electrons. The Morgan fingerprint density at radius 1 is 1.27 bits per heavy atom. The van der Waals surface area contributed by atoms with Crippen molar-refractivity contribution in [2.75, 3.05) is 5.32 Å². The van der Waals surface area contributed by atoms with Crippen LogP contribution in [0.3, 0.4) is 0 Å². The normalized spacial score (nSPS) is 10.7. The summed E-state index contributed by atoms with van der Waals surface area (Å²) in [5, 5.41) is 7.27. The van der Waals surface area contributed by atoms with Crippen molar-refractivity contribution >= 4 is 33.9 Å². The summed E-state index contributed by atoms with van der Waals surface area (Å²) < 4.78 is 6.42. The first-order valence-corrected chi connectivity index (χ1v) is 8.61. The number of benzene rings is 1. The van der Waals surface area contributed by atoms with Gasteiger partial charge in [-0.3, -0.25) is 14.4 Å². The molecule has 0 fully saturated rings. The van der Waals surface area contributed by atoms with Crippen LogP contribution < -0.4 is 10.9 Å². The summed E-state index contributed by atoms with van der Waals surface area (Å²) in [5.41, 5.74) is 1.78. The maximum atomic E-state index is 12.0. The second-order valence-electron chi connectivity index (χ2n) is 5.64. The lowest BCUT2D eigenvalue weighted by Gasteiger charge is -2.05. The molecule has 1 amide bonds. The summed E-state index contributed by atoms with van der Waals surface area (Å²) in [6.07, 6.45) is 0.0998. The first kappa shape index (κ1) is 17.7. The SMILES string of the molecule is CC(=O)Nc1ccc(CC(=O)OCc2nn3c(=O)cc(C)nc3s2)cc1. The second-order valence-corrected chi connectivity index (χ2v) is 6.68. The number of aryl methyl sites for hydroxylation is 1. The van der Waals surface area contributed by atoms with E-state index in [1.807, 2.05) is 0 Å². The van der Waals surface area contributed by atoms with Crippen LogP contribution in [0.4, 0.5) is 5.69 Å². The van der Waals surface area contributed by atoms with E-state index >= 15 is 0 Å². The number of hydrogen-bond acceptors (Lipinski definition) is 7. The van der Waals surface area contributed by atoms with E-state index in [-0.39, 0.29) is 24.5 Å². The van der Waals surface area contributed by atoms with Gasteiger partial charge in [0, 0.05) is 24.4 Å². The average Bonchev–Trinajstić information content (AvgIpc) is 2.97. The molecule has 0 saturated carbocycles. The third kappa shape index (κ3) is 4.31. The maximum absolute atomic E-state index is 12.0. The molecule has 134 valence electrons. The number of anilines is 1. The van der Waals surface area contributed by atoms with E-state index in [4.69, 9.17) is 4.74 Å². The van der Waals surface area contributed by atoms with Crippen molar-refractivity contribution in [3.05, 3.63) is 57.0 Å². The number of hydrogen-bond donors (Lipinski definition) is 1. The summed E-state index contributed by atoms with van der Waals surface area (Å²) in [7, 11) is 0. The van der Waals surface area contributed by atoms with E-state index in [1.165, 1.54) is 28.8 Å². The van der Waals surface area contributed by atoms with Crippen LogP contribution in [0, 0.1) is 6.92 Å². The number of esters is 1. The van der Waals surface area contributed by atoms with E-state index in [0.717, 1.165) is 5.56 Å². The van der Waals surface area contributed by atoms with Crippen molar-refractivity contribution in [3.63, 3.8) is 0 Å². The Labute approximate surface area is 152 Å². The maximum Gasteiger partial charge on any atom is 0.310 e. The fourth-order valence-electron chi connectivity index (χ4n) is 2.29. The van der Waals surface area contributed by atoms with Crippen molar-refractivity contribution in [2.45, 2.75) is 26.9 Å². The zero-order valence-electron chi connectivity index (χ0n) is 14.2. The smallest absolute Gasteiger partial charge is 0.310 e. The number of nitrogens with one attached hydrogen (secondary N) is 1. The Balaban J connectivity index is 1.59. The number of ether oxygens (including phenoxy) is 1. The van der Waals surface area contributed by atoms with Gasteiger partial charge in [-0.15, -0.1) is 0 Å². The quantitative estimate of drug-likeness (QED) is 0.684. The molecule has 3 rings (SSSR count). The Kier molecular flexibility index (Phi) is 5.08. The number of aromatic nitrogens is 3. The largest absolute Gasteiger partial charge is 0.458 e. The van der Waals surface area contributed by atoms with Gasteiger partial charge in [-0.1, -0.05) is 23.5 Å². The minimum absolute atomic E-state index is 0.0185. The summed E-state index contributed by atoms with van der Waals surface area (Å²) in [4.78, 5) is 39.5. The fourth-order valence-corrected chi connectivity index (χ4v) is 3.15. The molecule has 0 aliphatic heterocycles. The van der Waals surface area contributed by atoms with Gasteiger partial charge in [-0.25, -0.2) is 4.98 Å². The van der Waals surface area contributed by atoms with Gasteiger partial charge in [0.2, 0.25) is 10.9 Å². The fraction of sp³-hybridized carbons (Fsp3) is 0.235. The Bertz CT molecular complexity index is 1020. The van der Waals surface area contributed by atoms with Gasteiger partial charge in [0.25, 0.3) is 5.56 Å². The number of amides is 1. The molecular formula is C17H16N4O4S. The summed E-state index contributed by atoms with van der Waals surface area (Å²) in [6.45, 7) is 3.14. The van der Waals surface area contributed by atoms with Gasteiger partial charge in [0.05, 0.1) is 6.42 Å². The first-order valence-electron chi connectivity index (χ1n) is 7.79. The van der Waals surface area contributed by atoms with Gasteiger partial charge < -0.3 is 10.1 Å². The molecule has 1 N–H and O–H groups in total. The predicted octanol–water partition coefficient (Wildman–Crippen LogP) is 1.70. The molecule has 2 heterocycles. The van der Waals surface area contributed by atoms with E-state index in [1.54, 1.807) is 31.2 Å². The number of nitrogens with zero attached hydrogens (tertiary/aromatic N) is 3. The third-order valence-corrected chi connectivity index (χ3v) is 4.28. The van der Waals surface area contributed by atoms with Crippen molar-refractivity contribution in [1.29, 1.82) is 0 Å². The number of rotatable bonds is 5. The van der Waals surface area contributed by atoms with Crippen molar-refractivity contribution in [3.8, 4) is 0 Å². The standard InChI is InChI=1S/C17H16N4O4S/c1-10-7-15(23)21-17(18-10)26-14(20-21)9-25-16(24)8-12-3-5-13(6-4-12)19-11(2)22/h3-7H,8-9H2,1-2H3,(H,19,22). The number of carbonyl (C=O) groups is 2. The van der Waals surface area contributed by atoms with Gasteiger partial charge in [-0.05, 0) is 24.6 Å². The molecule has 1 aromatic carbocycles. The van der Waals surface area contributed by atoms with Crippen LogP contribution in [0.2, 0.25) is 0 Å². The summed E-state index contributed by atoms with van der Waals surface area (Å²) in [5.74, 6) is -0.565. The van der Waals surface area contributed by atoms with Crippen molar-refractivity contribution in [1.82, 2.24) is 14.6 Å². The molecule has 0 aliphatic carbocycles. The minimum atomic E-state index is -0.409. The lowest BCUT2D eigenvalue weighted by atomic mass is 10.1. The van der Waals surface area contributed by atoms with E-state index in [0.29, 0.717) is 21.3 Å². The van der Waals surface area contributed by atoms with E-state index < -0.39 is 5.97 Å². The van der Waals surface area contributed by atoms with Crippen molar-refractivity contribution in [2.24, 2.45) is 0 Å². The second kappa shape index (κ2) is 7.44. The first-order chi connectivity index (χ1) is 12.4. The van der Waals surface area contributed by atoms with Crippen LogP contribution in [0.1, 0.15) is 23.2 Å². The highest BCUT2D eigenvalue weighted by Crippen LogP contribution is 2.14. The lowest BCUT2D eigenvalue weighted by Crippen LogP contribution is -2.14. The van der Waals surface area contributed by atoms with Gasteiger partial charge in [0.15, 0.2) is 5.01 Å². The minimum Gasteiger partial charge on any atom is -0.458 e. The Morgan fingerprint density at radius 2 is 2.00 bits per heavy atom. The molecule has 9 heteroatoms. The molecule has 8 nitrogen and oxygen atoms in total. The molecule has 2 aromatic heterocycles. The highest BCUT2D eigenvalue weighted by molar-refractivity contribution is 7.16. The molecule has 26 heavy (non-hydrogen) atoms. The Hall–Kier alpha value is -3.07. The molecule has 0 saturated heterocycles. The monoisotopic (exact) mass is 372 g/mol. The Morgan fingerprint density at radius 3 is 2.69 bits per heavy atom. The molecule has 0 unspecified atom stereocenters. The highest BCUT2D eigenvalue weighted by atomic mass is 32.1. The number of fused-ring (bicyclic) bond motifs is 1. The van der Waals surface area contributed by atoms with E-state index in [2.05, 4.69) is 15.4 Å². The van der Waals surface area contributed by atoms with Crippen LogP contribution in [0.15, 0.2) is 35.1 Å². The predicted molar refractivity (Wildman–Crippen MR) is 96.1 cm³/mol. The lowest BCUT2D eigenvalue weighted by molar-refractivity contribution is -0.144. The topological polar surface area (TPSA) is 103 Å². The molecular weight excluding hydrogens is 356 g/mol. The summed E-state index contributed by atoms with van der Waals surface area (Å²) in [6, 6.07) is 8.33. The summed E-state index contributed by atoms with van der Waals surface area (Å²) >= 11 is 1.20. The van der Waals surface area contributed by atoms with E-state index in [9.17, 15) is 14.4 Å². The average molecular weight is 372 g/mol. The molecule has 3 aromatic rings. The van der Waals surface area contributed by atoms with Crippen LogP contribution in [0.5, 0.6) is 0 Å². The zero-order valence-corrected chi connectivity index (χ0v) is 15.0. The van der Waals surface area contributed by atoms with Crippen LogP contribution >= 0.6 is 11.3 Å². The number of carbonyl (C=O) groups excluding carboxylic acids is 2. The molecule has 0 atom stereocenters. The highest BCUT2D eigenvalue weighted by Gasteiger charge is 2.11. The van der Waals surface area contributed by atoms with Crippen LogP contribution in [0.25, 0.3) is 4.96 Å². The van der Waals surface area contributed by atoms with Gasteiger partial charge in [-0.2, -0.15) is 9.61 Å². The molecule has 0 aliphatic rings. The van der Waals surface area contributed by atoms with Crippen LogP contribution in [-0.4, -0.2) is 26.5 Å².